The lowest BCUT2D eigenvalue weighted by Gasteiger charge is -2.25. The summed E-state index contributed by atoms with van der Waals surface area (Å²) in [7, 11) is 1.60. The van der Waals surface area contributed by atoms with Crippen LogP contribution in [0.1, 0.15) is 58.2 Å². The SMILES string of the molecule is COc1c(CNC(=O)OC(C)(C)C)c2cc(I)c3cc(OCc4ccccc4)cc4c(I)cc(c1CNC(=O)OC(C)(C)C)c2c34. The van der Waals surface area contributed by atoms with Gasteiger partial charge in [-0.2, -0.15) is 0 Å². The van der Waals surface area contributed by atoms with Crippen LogP contribution in [0.5, 0.6) is 11.5 Å². The number of alkyl carbamates (subject to hydrolysis) is 2. The highest BCUT2D eigenvalue weighted by Gasteiger charge is 2.26. The molecule has 0 saturated carbocycles. The summed E-state index contributed by atoms with van der Waals surface area (Å²) < 4.78 is 25.5. The van der Waals surface area contributed by atoms with Crippen LogP contribution in [0, 0.1) is 7.14 Å². The summed E-state index contributed by atoms with van der Waals surface area (Å²) in [4.78, 5) is 25.6. The van der Waals surface area contributed by atoms with Crippen LogP contribution in [0.4, 0.5) is 9.59 Å². The number of carbonyl (C=O) groups excluding carboxylic acids is 2. The van der Waals surface area contributed by atoms with Gasteiger partial charge in [-0.1, -0.05) is 30.3 Å². The van der Waals surface area contributed by atoms with Crippen molar-refractivity contribution in [2.24, 2.45) is 0 Å². The van der Waals surface area contributed by atoms with E-state index in [9.17, 15) is 9.59 Å². The van der Waals surface area contributed by atoms with Gasteiger partial charge in [-0.05, 0) is 149 Å². The van der Waals surface area contributed by atoms with E-state index >= 15 is 0 Å². The maximum absolute atomic E-state index is 12.8. The Balaban J connectivity index is 1.69. The number of halogens is 2. The predicted octanol–water partition coefficient (Wildman–Crippen LogP) is 9.43. The molecule has 0 aromatic heterocycles. The van der Waals surface area contributed by atoms with E-state index in [2.05, 4.69) is 80.1 Å². The third-order valence-corrected chi connectivity index (χ3v) is 9.01. The molecule has 0 aliphatic carbocycles. The van der Waals surface area contributed by atoms with Gasteiger partial charge in [-0.25, -0.2) is 9.59 Å². The molecule has 0 atom stereocenters. The summed E-state index contributed by atoms with van der Waals surface area (Å²) in [6, 6.07) is 18.5. The van der Waals surface area contributed by atoms with E-state index < -0.39 is 23.4 Å². The minimum Gasteiger partial charge on any atom is -0.496 e. The number of rotatable bonds is 8. The van der Waals surface area contributed by atoms with Gasteiger partial charge in [0.1, 0.15) is 29.3 Å². The van der Waals surface area contributed by atoms with Crippen molar-refractivity contribution < 1.29 is 28.5 Å². The molecule has 242 valence electrons. The summed E-state index contributed by atoms with van der Waals surface area (Å²) in [5.74, 6) is 1.36. The number of methoxy groups -OCH3 is 1. The fourth-order valence-electron chi connectivity index (χ4n) is 5.50. The topological polar surface area (TPSA) is 95.1 Å². The predicted molar refractivity (Wildman–Crippen MR) is 199 cm³/mol. The van der Waals surface area contributed by atoms with Gasteiger partial charge in [-0.15, -0.1) is 0 Å². The van der Waals surface area contributed by atoms with E-state index in [1.165, 1.54) is 0 Å². The fraction of sp³-hybridized carbons (Fsp3) is 0.333. The quantitative estimate of drug-likeness (QED) is 0.119. The van der Waals surface area contributed by atoms with Crippen molar-refractivity contribution in [2.45, 2.75) is 72.4 Å². The minimum absolute atomic E-state index is 0.157. The van der Waals surface area contributed by atoms with E-state index in [-0.39, 0.29) is 13.1 Å². The van der Waals surface area contributed by atoms with Crippen LogP contribution in [0.25, 0.3) is 32.3 Å². The second-order valence-corrected chi connectivity index (χ2v) is 15.4. The molecule has 2 amide bonds. The number of hydrogen-bond acceptors (Lipinski definition) is 6. The Morgan fingerprint density at radius 2 is 1.15 bits per heavy atom. The van der Waals surface area contributed by atoms with Crippen LogP contribution in [-0.4, -0.2) is 30.5 Å². The first kappa shape index (κ1) is 34.1. The second kappa shape index (κ2) is 13.5. The van der Waals surface area contributed by atoms with Crippen molar-refractivity contribution in [1.29, 1.82) is 0 Å². The van der Waals surface area contributed by atoms with Crippen molar-refractivity contribution in [1.82, 2.24) is 10.6 Å². The van der Waals surface area contributed by atoms with Gasteiger partial charge in [0, 0.05) is 18.3 Å². The molecule has 5 rings (SSSR count). The summed E-state index contributed by atoms with van der Waals surface area (Å²) in [6.07, 6.45) is -1.06. The largest absolute Gasteiger partial charge is 0.496 e. The number of carbonyl (C=O) groups is 2. The van der Waals surface area contributed by atoms with Gasteiger partial charge in [-0.3, -0.25) is 0 Å². The molecule has 0 bridgehead atoms. The lowest BCUT2D eigenvalue weighted by Crippen LogP contribution is -2.33. The Morgan fingerprint density at radius 1 is 0.696 bits per heavy atom. The lowest BCUT2D eigenvalue weighted by atomic mass is 9.88. The standard InChI is InChI=1S/C36H38I2N2O6/c1-35(2,3)45-33(41)39-17-26-22-15-28(37)24-13-21(44-19-20-11-9-8-10-12-20)14-25-29(38)16-23(30(22)31(24)25)27(32(26)43-7)18-40-34(42)46-36(4,5)6/h8-16H,17-19H2,1-7H3,(H,39,41)(H,40,42). The van der Waals surface area contributed by atoms with Crippen LogP contribution in [-0.2, 0) is 29.2 Å². The zero-order valence-electron chi connectivity index (χ0n) is 27.0. The van der Waals surface area contributed by atoms with E-state index in [0.29, 0.717) is 12.4 Å². The summed E-state index contributed by atoms with van der Waals surface area (Å²) in [5, 5.41) is 11.9. The van der Waals surface area contributed by atoms with Crippen molar-refractivity contribution in [3.05, 3.63) is 78.4 Å². The van der Waals surface area contributed by atoms with Gasteiger partial charge < -0.3 is 29.6 Å². The molecule has 0 aliphatic heterocycles. The molecule has 0 fully saturated rings. The van der Waals surface area contributed by atoms with E-state index in [1.807, 2.05) is 71.9 Å². The summed E-state index contributed by atoms with van der Waals surface area (Å²) in [5.41, 5.74) is 1.37. The highest BCUT2D eigenvalue weighted by Crippen LogP contribution is 2.46. The van der Waals surface area contributed by atoms with Crippen LogP contribution in [0.3, 0.4) is 0 Å². The molecule has 0 unspecified atom stereocenters. The van der Waals surface area contributed by atoms with Crippen LogP contribution < -0.4 is 20.1 Å². The molecule has 0 saturated heterocycles. The minimum atomic E-state index is -0.647. The van der Waals surface area contributed by atoms with Gasteiger partial charge in [0.05, 0.1) is 20.2 Å². The fourth-order valence-corrected chi connectivity index (χ4v) is 6.98. The number of hydrogen-bond donors (Lipinski definition) is 2. The van der Waals surface area contributed by atoms with Gasteiger partial charge in [0.15, 0.2) is 0 Å². The Morgan fingerprint density at radius 3 is 1.59 bits per heavy atom. The molecule has 5 aromatic carbocycles. The maximum atomic E-state index is 12.8. The average molecular weight is 849 g/mol. The molecule has 0 aliphatic rings. The molecule has 5 aromatic rings. The molecule has 0 spiro atoms. The van der Waals surface area contributed by atoms with E-state index in [1.54, 1.807) is 7.11 Å². The third kappa shape index (κ3) is 7.64. The van der Waals surface area contributed by atoms with Crippen LogP contribution >= 0.6 is 45.2 Å². The van der Waals surface area contributed by atoms with E-state index in [4.69, 9.17) is 18.9 Å². The van der Waals surface area contributed by atoms with E-state index in [0.717, 1.165) is 61.9 Å². The summed E-state index contributed by atoms with van der Waals surface area (Å²) in [6.45, 7) is 11.7. The normalized spacial score (nSPS) is 12.0. The monoisotopic (exact) mass is 848 g/mol. The Labute approximate surface area is 296 Å². The Kier molecular flexibility index (Phi) is 9.97. The molecule has 10 heteroatoms. The smallest absolute Gasteiger partial charge is 0.407 e. The molecule has 46 heavy (non-hydrogen) atoms. The first-order chi connectivity index (χ1) is 21.6. The number of ether oxygens (including phenoxy) is 4. The van der Waals surface area contributed by atoms with Crippen molar-refractivity contribution in [3.8, 4) is 11.5 Å². The van der Waals surface area contributed by atoms with Gasteiger partial charge >= 0.3 is 12.2 Å². The second-order valence-electron chi connectivity index (χ2n) is 13.1. The van der Waals surface area contributed by atoms with Crippen LogP contribution in [0.15, 0.2) is 54.6 Å². The number of benzene rings is 5. The highest BCUT2D eigenvalue weighted by atomic mass is 127. The number of amides is 2. The van der Waals surface area contributed by atoms with Crippen molar-refractivity contribution >= 4 is 89.7 Å². The molecule has 0 heterocycles. The van der Waals surface area contributed by atoms with Crippen LogP contribution in [0.2, 0.25) is 0 Å². The molecule has 0 radical (unpaired) electrons. The number of nitrogens with one attached hydrogen (secondary N) is 2. The van der Waals surface area contributed by atoms with Gasteiger partial charge in [0.25, 0.3) is 0 Å². The zero-order valence-corrected chi connectivity index (χ0v) is 31.3. The molecular weight excluding hydrogens is 810 g/mol. The van der Waals surface area contributed by atoms with Crippen molar-refractivity contribution in [2.75, 3.05) is 7.11 Å². The van der Waals surface area contributed by atoms with Gasteiger partial charge in [0.2, 0.25) is 0 Å². The Bertz CT molecular complexity index is 1800. The first-order valence-corrected chi connectivity index (χ1v) is 17.1. The average Bonchev–Trinajstić information content (AvgIpc) is 2.96. The van der Waals surface area contributed by atoms with Crippen molar-refractivity contribution in [3.63, 3.8) is 0 Å². The molecule has 2 N–H and O–H groups in total. The zero-order chi connectivity index (χ0) is 33.4. The third-order valence-electron chi connectivity index (χ3n) is 7.22. The summed E-state index contributed by atoms with van der Waals surface area (Å²) >= 11 is 4.73. The lowest BCUT2D eigenvalue weighted by molar-refractivity contribution is 0.0513. The first-order valence-electron chi connectivity index (χ1n) is 14.9. The molecule has 8 nitrogen and oxygen atoms in total. The molecular formula is C36H38I2N2O6. The maximum Gasteiger partial charge on any atom is 0.407 e. The Hall–Kier alpha value is -3.26. The highest BCUT2D eigenvalue weighted by molar-refractivity contribution is 14.1.